The summed E-state index contributed by atoms with van der Waals surface area (Å²) in [7, 11) is 0. The Morgan fingerprint density at radius 3 is 2.78 bits per heavy atom. The van der Waals surface area contributed by atoms with E-state index >= 15 is 0 Å². The number of thioether (sulfide) groups is 1. The molecule has 27 heavy (non-hydrogen) atoms. The van der Waals surface area contributed by atoms with E-state index in [1.807, 2.05) is 19.1 Å². The number of pyridine rings is 1. The summed E-state index contributed by atoms with van der Waals surface area (Å²) in [5.74, 6) is 1.34. The molecule has 0 radical (unpaired) electrons. The number of halogens is 2. The molecule has 0 unspecified atom stereocenters. The zero-order valence-electron chi connectivity index (χ0n) is 15.5. The van der Waals surface area contributed by atoms with Crippen LogP contribution in [0.3, 0.4) is 0 Å². The first kappa shape index (κ1) is 23.8. The van der Waals surface area contributed by atoms with Crippen LogP contribution in [0.15, 0.2) is 33.9 Å². The predicted octanol–water partition coefficient (Wildman–Crippen LogP) is 3.63. The third-order valence-corrected chi connectivity index (χ3v) is 5.57. The van der Waals surface area contributed by atoms with E-state index < -0.39 is 0 Å². The van der Waals surface area contributed by atoms with E-state index in [2.05, 4.69) is 27.7 Å². The molecule has 0 aliphatic carbocycles. The normalized spacial score (nSPS) is 15.3. The second-order valence-electron chi connectivity index (χ2n) is 6.82. The number of aromatic nitrogens is 2. The van der Waals surface area contributed by atoms with Crippen molar-refractivity contribution in [1.29, 1.82) is 0 Å². The number of piperidine rings is 1. The fourth-order valence-electron chi connectivity index (χ4n) is 2.90. The zero-order chi connectivity index (χ0) is 17.7. The van der Waals surface area contributed by atoms with Crippen molar-refractivity contribution >= 4 is 42.5 Å². The molecule has 1 aliphatic rings. The number of rotatable bonds is 6. The van der Waals surface area contributed by atoms with E-state index in [0.717, 1.165) is 42.4 Å². The average molecular weight is 433 g/mol. The highest BCUT2D eigenvalue weighted by Crippen LogP contribution is 2.28. The van der Waals surface area contributed by atoms with Crippen molar-refractivity contribution in [2.45, 2.75) is 37.5 Å². The van der Waals surface area contributed by atoms with Crippen molar-refractivity contribution in [3.63, 3.8) is 0 Å². The second-order valence-corrected chi connectivity index (χ2v) is 7.78. The van der Waals surface area contributed by atoms with Gasteiger partial charge in [-0.15, -0.1) is 24.8 Å². The first-order valence-electron chi connectivity index (χ1n) is 8.55. The van der Waals surface area contributed by atoms with E-state index in [4.69, 9.17) is 4.52 Å². The van der Waals surface area contributed by atoms with Crippen molar-refractivity contribution in [1.82, 2.24) is 20.8 Å². The van der Waals surface area contributed by atoms with Crippen molar-refractivity contribution < 1.29 is 9.32 Å². The third-order valence-electron chi connectivity index (χ3n) is 4.54. The largest absolute Gasteiger partial charge is 0.361 e. The summed E-state index contributed by atoms with van der Waals surface area (Å²) < 4.78 is 5.08. The van der Waals surface area contributed by atoms with Gasteiger partial charge >= 0.3 is 0 Å². The average Bonchev–Trinajstić information content (AvgIpc) is 3.04. The van der Waals surface area contributed by atoms with E-state index in [9.17, 15) is 4.79 Å². The van der Waals surface area contributed by atoms with Gasteiger partial charge in [-0.25, -0.2) is 4.98 Å². The topological polar surface area (TPSA) is 80.0 Å². The van der Waals surface area contributed by atoms with Crippen LogP contribution in [0.1, 0.15) is 41.6 Å². The smallest absolute Gasteiger partial charge is 0.254 e. The van der Waals surface area contributed by atoms with Crippen LogP contribution in [0.25, 0.3) is 0 Å². The maximum Gasteiger partial charge on any atom is 0.254 e. The molecule has 150 valence electrons. The molecule has 0 atom stereocenters. The standard InChI is InChI=1S/C18H24N4O2S.2ClH/c1-13-10-14(22-24-13)11-25-17-15(4-3-7-20-17)16(23)21-12-18(2)5-8-19-9-6-18;;/h3-4,7,10,19H,5-6,8-9,11-12H2,1-2H3,(H,21,23);2*1H. The van der Waals surface area contributed by atoms with Gasteiger partial charge in [0.15, 0.2) is 0 Å². The van der Waals surface area contributed by atoms with Gasteiger partial charge in [0.1, 0.15) is 10.8 Å². The van der Waals surface area contributed by atoms with Crippen LogP contribution < -0.4 is 10.6 Å². The number of hydrogen-bond donors (Lipinski definition) is 2. The molecule has 2 aromatic heterocycles. The Labute approximate surface area is 176 Å². The van der Waals surface area contributed by atoms with E-state index in [1.165, 1.54) is 11.8 Å². The zero-order valence-corrected chi connectivity index (χ0v) is 17.9. The summed E-state index contributed by atoms with van der Waals surface area (Å²) >= 11 is 1.50. The number of carbonyl (C=O) groups excluding carboxylic acids is 1. The van der Waals surface area contributed by atoms with Gasteiger partial charge in [-0.3, -0.25) is 4.79 Å². The van der Waals surface area contributed by atoms with Gasteiger partial charge in [0, 0.05) is 24.6 Å². The monoisotopic (exact) mass is 432 g/mol. The molecule has 9 heteroatoms. The number of nitrogens with one attached hydrogen (secondary N) is 2. The quantitative estimate of drug-likeness (QED) is 0.678. The summed E-state index contributed by atoms with van der Waals surface area (Å²) in [5.41, 5.74) is 1.63. The lowest BCUT2D eigenvalue weighted by molar-refractivity contribution is 0.0918. The minimum Gasteiger partial charge on any atom is -0.361 e. The van der Waals surface area contributed by atoms with Gasteiger partial charge in [-0.2, -0.15) is 0 Å². The van der Waals surface area contributed by atoms with Gasteiger partial charge in [-0.05, 0) is 50.4 Å². The molecule has 3 rings (SSSR count). The SMILES string of the molecule is Cc1cc(CSc2ncccc2C(=O)NCC2(C)CCNCC2)no1.Cl.Cl. The highest BCUT2D eigenvalue weighted by Gasteiger charge is 2.27. The van der Waals surface area contributed by atoms with Crippen LogP contribution in [0.4, 0.5) is 0 Å². The molecule has 1 fully saturated rings. The minimum atomic E-state index is -0.0632. The Kier molecular flexibility index (Phi) is 9.59. The molecule has 0 aromatic carbocycles. The molecule has 3 heterocycles. The predicted molar refractivity (Wildman–Crippen MR) is 112 cm³/mol. The fourth-order valence-corrected chi connectivity index (χ4v) is 3.78. The Hall–Kier alpha value is -1.28. The number of carbonyl (C=O) groups is 1. The Bertz CT molecular complexity index is 736. The van der Waals surface area contributed by atoms with Crippen molar-refractivity contribution in [2.75, 3.05) is 19.6 Å². The van der Waals surface area contributed by atoms with E-state index in [1.54, 1.807) is 12.3 Å². The summed E-state index contributed by atoms with van der Waals surface area (Å²) in [6.45, 7) is 6.81. The van der Waals surface area contributed by atoms with E-state index in [0.29, 0.717) is 17.9 Å². The third kappa shape index (κ3) is 6.68. The molecular weight excluding hydrogens is 407 g/mol. The lowest BCUT2D eigenvalue weighted by Crippen LogP contribution is -2.43. The molecular formula is C18H26Cl2N4O2S. The number of amides is 1. The Morgan fingerprint density at radius 1 is 1.37 bits per heavy atom. The molecule has 0 spiro atoms. The maximum atomic E-state index is 12.7. The first-order valence-corrected chi connectivity index (χ1v) is 9.53. The van der Waals surface area contributed by atoms with Crippen molar-refractivity contribution in [3.05, 3.63) is 41.4 Å². The summed E-state index contributed by atoms with van der Waals surface area (Å²) in [5, 5.41) is 11.2. The summed E-state index contributed by atoms with van der Waals surface area (Å²) in [6, 6.07) is 5.52. The first-order chi connectivity index (χ1) is 12.1. The highest BCUT2D eigenvalue weighted by atomic mass is 35.5. The van der Waals surface area contributed by atoms with Crippen LogP contribution >= 0.6 is 36.6 Å². The number of aryl methyl sites for hydroxylation is 1. The van der Waals surface area contributed by atoms with Crippen LogP contribution in [-0.4, -0.2) is 35.7 Å². The van der Waals surface area contributed by atoms with Gasteiger partial charge in [0.05, 0.1) is 11.3 Å². The van der Waals surface area contributed by atoms with Crippen LogP contribution in [0, 0.1) is 12.3 Å². The van der Waals surface area contributed by atoms with Gasteiger partial charge in [0.2, 0.25) is 0 Å². The molecule has 2 aromatic rings. The maximum absolute atomic E-state index is 12.7. The van der Waals surface area contributed by atoms with Crippen LogP contribution in [0.5, 0.6) is 0 Å². The highest BCUT2D eigenvalue weighted by molar-refractivity contribution is 7.98. The van der Waals surface area contributed by atoms with Gasteiger partial charge in [-0.1, -0.05) is 23.8 Å². The van der Waals surface area contributed by atoms with Gasteiger partial charge in [0.25, 0.3) is 5.91 Å². The van der Waals surface area contributed by atoms with Crippen LogP contribution in [0.2, 0.25) is 0 Å². The lowest BCUT2D eigenvalue weighted by atomic mass is 9.81. The minimum absolute atomic E-state index is 0. The second kappa shape index (κ2) is 10.9. The molecule has 1 amide bonds. The molecule has 0 bridgehead atoms. The molecule has 1 saturated heterocycles. The Balaban J connectivity index is 0.00000182. The molecule has 0 saturated carbocycles. The van der Waals surface area contributed by atoms with Crippen molar-refractivity contribution in [3.8, 4) is 0 Å². The van der Waals surface area contributed by atoms with Crippen LogP contribution in [-0.2, 0) is 5.75 Å². The molecule has 2 N–H and O–H groups in total. The molecule has 6 nitrogen and oxygen atoms in total. The number of hydrogen-bond acceptors (Lipinski definition) is 6. The van der Waals surface area contributed by atoms with E-state index in [-0.39, 0.29) is 36.1 Å². The summed E-state index contributed by atoms with van der Waals surface area (Å²) in [6.07, 6.45) is 3.86. The van der Waals surface area contributed by atoms with Gasteiger partial charge < -0.3 is 15.2 Å². The lowest BCUT2D eigenvalue weighted by Gasteiger charge is -2.34. The molecule has 1 aliphatic heterocycles. The summed E-state index contributed by atoms with van der Waals surface area (Å²) in [4.78, 5) is 17.0. The number of nitrogens with zero attached hydrogens (tertiary/aromatic N) is 2. The Morgan fingerprint density at radius 2 is 2.11 bits per heavy atom. The van der Waals surface area contributed by atoms with Crippen molar-refractivity contribution in [2.24, 2.45) is 5.41 Å². The fraction of sp³-hybridized carbons (Fsp3) is 0.500.